The second-order valence-corrected chi connectivity index (χ2v) is 15.7. The third-order valence-electron chi connectivity index (χ3n) is 12.7. The van der Waals surface area contributed by atoms with Gasteiger partial charge in [0.1, 0.15) is 18.8 Å². The van der Waals surface area contributed by atoms with Crippen molar-refractivity contribution in [3.63, 3.8) is 0 Å². The third-order valence-corrected chi connectivity index (χ3v) is 12.7. The predicted molar refractivity (Wildman–Crippen MR) is 213 cm³/mol. The first-order chi connectivity index (χ1) is 26.9. The van der Waals surface area contributed by atoms with Gasteiger partial charge in [0, 0.05) is 29.5 Å². The molecule has 5 atom stereocenters. The van der Waals surface area contributed by atoms with Crippen molar-refractivity contribution in [3.05, 3.63) is 143 Å². The number of hydrogen-bond donors (Lipinski definition) is 1. The summed E-state index contributed by atoms with van der Waals surface area (Å²) < 4.78 is 24.0. The Hall–Kier alpha value is -4.47. The molecule has 8 heteroatoms. The van der Waals surface area contributed by atoms with Crippen molar-refractivity contribution in [2.75, 3.05) is 46.4 Å². The minimum Gasteiger partial charge on any atom is -0.485 e. The van der Waals surface area contributed by atoms with Gasteiger partial charge in [-0.25, -0.2) is 0 Å². The summed E-state index contributed by atoms with van der Waals surface area (Å²) in [6, 6.07) is 35.3. The highest BCUT2D eigenvalue weighted by Crippen LogP contribution is 2.62. The molecule has 5 aliphatic rings. The van der Waals surface area contributed by atoms with Crippen molar-refractivity contribution < 1.29 is 28.8 Å². The molecular weight excluding hydrogens is 689 g/mol. The Bertz CT molecular complexity index is 1930. The van der Waals surface area contributed by atoms with Crippen LogP contribution >= 0.6 is 0 Å². The Morgan fingerprint density at radius 2 is 1.51 bits per heavy atom. The van der Waals surface area contributed by atoms with E-state index in [1.165, 1.54) is 16.7 Å². The van der Waals surface area contributed by atoms with Crippen LogP contribution in [0.4, 0.5) is 0 Å². The molecule has 55 heavy (non-hydrogen) atoms. The highest BCUT2D eigenvalue weighted by Gasteiger charge is 2.64. The SMILES string of the molecule is CCOC(=O)C1(c2ccccc2)CCN(CCOCc2ccccc2)CC1.CN1CC[C@]23c4c5ccc(OCc6ccccc6)c4O[C@H]2[C@@H](O)C=C[C@H]3[C@H]1C5. The van der Waals surface area contributed by atoms with Crippen molar-refractivity contribution >= 4 is 5.97 Å². The molecule has 2 aliphatic carbocycles. The van der Waals surface area contributed by atoms with Crippen molar-refractivity contribution in [1.29, 1.82) is 0 Å². The molecule has 0 saturated carbocycles. The van der Waals surface area contributed by atoms with Crippen LogP contribution in [-0.4, -0.2) is 85.6 Å². The van der Waals surface area contributed by atoms with Crippen molar-refractivity contribution in [3.8, 4) is 11.5 Å². The minimum absolute atomic E-state index is 0.0869. The molecule has 3 heterocycles. The maximum atomic E-state index is 12.8. The Balaban J connectivity index is 0.000000156. The van der Waals surface area contributed by atoms with Gasteiger partial charge >= 0.3 is 5.97 Å². The number of esters is 1. The van der Waals surface area contributed by atoms with Gasteiger partial charge < -0.3 is 33.9 Å². The molecular formula is C47H54N2O6. The summed E-state index contributed by atoms with van der Waals surface area (Å²) in [4.78, 5) is 17.6. The lowest BCUT2D eigenvalue weighted by molar-refractivity contribution is -0.152. The number of benzene rings is 4. The number of hydrogen-bond acceptors (Lipinski definition) is 8. The smallest absolute Gasteiger partial charge is 0.316 e. The molecule has 1 spiro atoms. The largest absolute Gasteiger partial charge is 0.485 e. The van der Waals surface area contributed by atoms with Crippen molar-refractivity contribution in [1.82, 2.24) is 9.80 Å². The topological polar surface area (TPSA) is 80.7 Å². The molecule has 1 N–H and O–H groups in total. The molecule has 2 bridgehead atoms. The Morgan fingerprint density at radius 3 is 2.20 bits per heavy atom. The number of aliphatic hydroxyl groups excluding tert-OH is 1. The summed E-state index contributed by atoms with van der Waals surface area (Å²) in [6.45, 7) is 7.84. The monoisotopic (exact) mass is 742 g/mol. The zero-order valence-electron chi connectivity index (χ0n) is 32.1. The lowest BCUT2D eigenvalue weighted by Gasteiger charge is -2.56. The van der Waals surface area contributed by atoms with Crippen LogP contribution in [0, 0.1) is 5.92 Å². The number of carbonyl (C=O) groups is 1. The zero-order chi connectivity index (χ0) is 37.8. The van der Waals surface area contributed by atoms with E-state index in [9.17, 15) is 9.90 Å². The van der Waals surface area contributed by atoms with Crippen molar-refractivity contribution in [2.24, 2.45) is 5.92 Å². The number of likely N-dealkylation sites (tertiary alicyclic amines) is 2. The quantitative estimate of drug-likeness (QED) is 0.101. The Labute approximate surface area is 325 Å². The molecule has 2 fully saturated rings. The average molecular weight is 743 g/mol. The maximum Gasteiger partial charge on any atom is 0.316 e. The average Bonchev–Trinajstić information content (AvgIpc) is 3.59. The highest BCUT2D eigenvalue weighted by atomic mass is 16.5. The molecule has 3 aliphatic heterocycles. The number of ether oxygens (including phenoxy) is 4. The molecule has 288 valence electrons. The second kappa shape index (κ2) is 16.3. The zero-order valence-corrected chi connectivity index (χ0v) is 32.1. The number of rotatable bonds is 11. The van der Waals surface area contributed by atoms with Gasteiger partial charge in [0.05, 0.1) is 25.2 Å². The van der Waals surface area contributed by atoms with Crippen LogP contribution < -0.4 is 9.47 Å². The molecule has 4 aromatic rings. The number of piperidine rings is 2. The van der Waals surface area contributed by atoms with E-state index in [4.69, 9.17) is 18.9 Å². The fraction of sp³-hybridized carbons (Fsp3) is 0.426. The molecule has 0 amide bonds. The summed E-state index contributed by atoms with van der Waals surface area (Å²) in [6.07, 6.45) is 7.03. The molecule has 0 aromatic heterocycles. The van der Waals surface area contributed by atoms with Gasteiger partial charge in [0.25, 0.3) is 0 Å². The van der Waals surface area contributed by atoms with E-state index in [-0.39, 0.29) is 17.5 Å². The first-order valence-electron chi connectivity index (χ1n) is 20.1. The fourth-order valence-electron chi connectivity index (χ4n) is 9.83. The van der Waals surface area contributed by atoms with Crippen molar-refractivity contribution in [2.45, 2.75) is 74.9 Å². The Kier molecular flexibility index (Phi) is 11.1. The molecule has 9 rings (SSSR count). The number of likely N-dealkylation sites (N-methyl/N-ethyl adjacent to an activating group) is 1. The lowest BCUT2D eigenvalue weighted by atomic mass is 9.53. The van der Waals surface area contributed by atoms with Gasteiger partial charge in [-0.3, -0.25) is 4.79 Å². The summed E-state index contributed by atoms with van der Waals surface area (Å²) in [7, 11) is 2.23. The van der Waals surface area contributed by atoms with Crippen LogP contribution in [0.5, 0.6) is 11.5 Å². The van der Waals surface area contributed by atoms with Gasteiger partial charge in [-0.2, -0.15) is 0 Å². The van der Waals surface area contributed by atoms with Crippen LogP contribution in [0.15, 0.2) is 115 Å². The maximum absolute atomic E-state index is 12.8. The molecule has 2 saturated heterocycles. The molecule has 0 radical (unpaired) electrons. The van der Waals surface area contributed by atoms with Gasteiger partial charge in [-0.05, 0) is 87.6 Å². The van der Waals surface area contributed by atoms with Crippen LogP contribution in [0.3, 0.4) is 0 Å². The normalized spacial score (nSPS) is 25.9. The summed E-state index contributed by atoms with van der Waals surface area (Å²) >= 11 is 0. The molecule has 0 unspecified atom stereocenters. The number of aliphatic hydroxyl groups is 1. The van der Waals surface area contributed by atoms with E-state index in [1.807, 2.05) is 67.6 Å². The lowest BCUT2D eigenvalue weighted by Crippen LogP contribution is -2.64. The van der Waals surface area contributed by atoms with Crippen LogP contribution in [0.1, 0.15) is 54.0 Å². The van der Waals surface area contributed by atoms with E-state index in [0.717, 1.165) is 74.5 Å². The predicted octanol–water partition coefficient (Wildman–Crippen LogP) is 6.87. The van der Waals surface area contributed by atoms with Gasteiger partial charge in [0.15, 0.2) is 11.5 Å². The molecule has 4 aromatic carbocycles. The minimum atomic E-state index is -0.569. The van der Waals surface area contributed by atoms with Gasteiger partial charge in [-0.1, -0.05) is 109 Å². The van der Waals surface area contributed by atoms with E-state index < -0.39 is 11.5 Å². The van der Waals surface area contributed by atoms with E-state index in [1.54, 1.807) is 0 Å². The van der Waals surface area contributed by atoms with Crippen LogP contribution in [0.2, 0.25) is 0 Å². The summed E-state index contributed by atoms with van der Waals surface area (Å²) in [5, 5.41) is 10.8. The Morgan fingerprint density at radius 1 is 0.836 bits per heavy atom. The third kappa shape index (κ3) is 7.22. The fourth-order valence-corrected chi connectivity index (χ4v) is 9.83. The summed E-state index contributed by atoms with van der Waals surface area (Å²) in [5.41, 5.74) is 5.43. The van der Waals surface area contributed by atoms with Crippen LogP contribution in [0.25, 0.3) is 0 Å². The van der Waals surface area contributed by atoms with Gasteiger partial charge in [-0.15, -0.1) is 0 Å². The van der Waals surface area contributed by atoms with E-state index in [0.29, 0.717) is 38.4 Å². The first-order valence-corrected chi connectivity index (χ1v) is 20.1. The van der Waals surface area contributed by atoms with Gasteiger partial charge in [0.2, 0.25) is 0 Å². The first kappa shape index (κ1) is 37.5. The highest BCUT2D eigenvalue weighted by molar-refractivity contribution is 5.83. The number of carbonyl (C=O) groups excluding carboxylic acids is 1. The molecule has 8 nitrogen and oxygen atoms in total. The van der Waals surface area contributed by atoms with E-state index in [2.05, 4.69) is 71.5 Å². The second-order valence-electron chi connectivity index (χ2n) is 15.7. The summed E-state index contributed by atoms with van der Waals surface area (Å²) in [5.74, 6) is 1.97. The standard InChI is InChI=1S/C24H25NO3.C23H29NO3/c1-25-12-11-24-17-8-9-19(26)23(24)28-22-20(27-14-15-5-3-2-4-6-15)10-7-16(21(22)24)13-18(17)25;1-2-27-22(25)23(21-11-7-4-8-12-21)13-15-24(16-14-23)17-18-26-19-20-9-5-3-6-10-20/h2-10,17-19,23,26H,11-14H2,1H3;3-12H,2,13-19H2,1H3/t17-,18+,19-,23-,24-;/m0./s1. The van der Waals surface area contributed by atoms with E-state index >= 15 is 0 Å². The van der Waals surface area contributed by atoms with Crippen LogP contribution in [-0.2, 0) is 44.7 Å². The number of nitrogens with zero attached hydrogens (tertiary/aromatic N) is 2.